The standard InChI is InChI=1S/C14H16BrFN4O2.ClH/c1-20-5-4-17-7-11(20)14-18-13(22-19-14)8-21-12-3-2-9(15)6-10(12)16;/h2-3,6,11,17H,4-5,7-8H2,1H3;1H. The number of likely N-dealkylation sites (N-methyl/N-ethyl adjacent to an activating group) is 1. The number of nitrogens with one attached hydrogen (secondary N) is 1. The summed E-state index contributed by atoms with van der Waals surface area (Å²) in [6.07, 6.45) is 0. The van der Waals surface area contributed by atoms with Gasteiger partial charge in [-0.25, -0.2) is 4.39 Å². The van der Waals surface area contributed by atoms with Crippen molar-refractivity contribution in [1.29, 1.82) is 0 Å². The lowest BCUT2D eigenvalue weighted by molar-refractivity contribution is 0.189. The van der Waals surface area contributed by atoms with Crippen LogP contribution >= 0.6 is 28.3 Å². The third-order valence-electron chi connectivity index (χ3n) is 3.54. The van der Waals surface area contributed by atoms with Gasteiger partial charge in [0.05, 0.1) is 6.04 Å². The SMILES string of the molecule is CN1CCNCC1c1noc(COc2ccc(Br)cc2F)n1.Cl. The molecular weight excluding hydrogens is 391 g/mol. The Kier molecular flexibility index (Phi) is 6.34. The summed E-state index contributed by atoms with van der Waals surface area (Å²) in [5.74, 6) is 0.658. The quantitative estimate of drug-likeness (QED) is 0.840. The highest BCUT2D eigenvalue weighted by molar-refractivity contribution is 9.10. The van der Waals surface area contributed by atoms with Crippen molar-refractivity contribution in [2.75, 3.05) is 26.7 Å². The predicted molar refractivity (Wildman–Crippen MR) is 88.2 cm³/mol. The van der Waals surface area contributed by atoms with Crippen LogP contribution in [0.3, 0.4) is 0 Å². The van der Waals surface area contributed by atoms with Gasteiger partial charge in [0.1, 0.15) is 0 Å². The average molecular weight is 408 g/mol. The van der Waals surface area contributed by atoms with E-state index in [0.29, 0.717) is 16.2 Å². The average Bonchev–Trinajstić information content (AvgIpc) is 2.95. The first-order valence-corrected chi connectivity index (χ1v) is 7.74. The molecule has 6 nitrogen and oxygen atoms in total. The minimum Gasteiger partial charge on any atom is -0.481 e. The Labute approximate surface area is 147 Å². The van der Waals surface area contributed by atoms with Crippen LogP contribution in [0.4, 0.5) is 4.39 Å². The van der Waals surface area contributed by atoms with Crippen LogP contribution in [0.1, 0.15) is 17.8 Å². The third kappa shape index (κ3) is 4.41. The Hall–Kier alpha value is -1.22. The van der Waals surface area contributed by atoms with Crippen molar-refractivity contribution in [1.82, 2.24) is 20.4 Å². The van der Waals surface area contributed by atoms with E-state index < -0.39 is 5.82 Å². The molecule has 1 unspecified atom stereocenters. The first-order chi connectivity index (χ1) is 10.6. The van der Waals surface area contributed by atoms with Gasteiger partial charge in [-0.2, -0.15) is 4.98 Å². The van der Waals surface area contributed by atoms with Crippen LogP contribution in [0.5, 0.6) is 5.75 Å². The highest BCUT2D eigenvalue weighted by Crippen LogP contribution is 2.23. The fourth-order valence-corrected chi connectivity index (χ4v) is 2.62. The van der Waals surface area contributed by atoms with E-state index in [-0.39, 0.29) is 30.8 Å². The van der Waals surface area contributed by atoms with Gasteiger partial charge < -0.3 is 14.6 Å². The summed E-state index contributed by atoms with van der Waals surface area (Å²) in [5.41, 5.74) is 0. The summed E-state index contributed by atoms with van der Waals surface area (Å²) in [7, 11) is 2.02. The molecule has 0 spiro atoms. The highest BCUT2D eigenvalue weighted by atomic mass is 79.9. The van der Waals surface area contributed by atoms with E-state index in [2.05, 4.69) is 36.3 Å². The van der Waals surface area contributed by atoms with Crippen LogP contribution < -0.4 is 10.1 Å². The molecule has 0 amide bonds. The molecular formula is C14H17BrClFN4O2. The van der Waals surface area contributed by atoms with E-state index in [1.807, 2.05) is 7.05 Å². The van der Waals surface area contributed by atoms with Crippen LogP contribution in [-0.2, 0) is 6.61 Å². The Balaban J connectivity index is 0.00000192. The van der Waals surface area contributed by atoms with Crippen molar-refractivity contribution >= 4 is 28.3 Å². The van der Waals surface area contributed by atoms with E-state index in [1.54, 1.807) is 12.1 Å². The maximum Gasteiger partial charge on any atom is 0.264 e. The smallest absolute Gasteiger partial charge is 0.264 e. The largest absolute Gasteiger partial charge is 0.481 e. The second-order valence-electron chi connectivity index (χ2n) is 5.11. The van der Waals surface area contributed by atoms with Gasteiger partial charge in [0.25, 0.3) is 5.89 Å². The van der Waals surface area contributed by atoms with Gasteiger partial charge in [-0.15, -0.1) is 12.4 Å². The highest BCUT2D eigenvalue weighted by Gasteiger charge is 2.25. The molecule has 23 heavy (non-hydrogen) atoms. The number of rotatable bonds is 4. The zero-order chi connectivity index (χ0) is 15.5. The van der Waals surface area contributed by atoms with Crippen molar-refractivity contribution in [2.45, 2.75) is 12.6 Å². The molecule has 1 fully saturated rings. The molecule has 0 aliphatic carbocycles. The molecule has 1 atom stereocenters. The van der Waals surface area contributed by atoms with Gasteiger partial charge in [0.15, 0.2) is 24.0 Å². The van der Waals surface area contributed by atoms with Gasteiger partial charge >= 0.3 is 0 Å². The topological polar surface area (TPSA) is 63.4 Å². The van der Waals surface area contributed by atoms with E-state index >= 15 is 0 Å². The summed E-state index contributed by atoms with van der Waals surface area (Å²) in [6, 6.07) is 4.68. The number of ether oxygens (including phenoxy) is 1. The maximum atomic E-state index is 13.7. The molecule has 1 N–H and O–H groups in total. The van der Waals surface area contributed by atoms with Crippen LogP contribution in [0.15, 0.2) is 27.2 Å². The molecule has 1 aliphatic rings. The Morgan fingerprint density at radius 1 is 1.52 bits per heavy atom. The Morgan fingerprint density at radius 2 is 2.35 bits per heavy atom. The minimum absolute atomic E-state index is 0. The van der Waals surface area contributed by atoms with E-state index in [1.165, 1.54) is 6.07 Å². The molecule has 2 aromatic rings. The Bertz CT molecular complexity index is 657. The van der Waals surface area contributed by atoms with Gasteiger partial charge in [-0.3, -0.25) is 4.90 Å². The number of hydrogen-bond donors (Lipinski definition) is 1. The number of aromatic nitrogens is 2. The van der Waals surface area contributed by atoms with Gasteiger partial charge in [0.2, 0.25) is 0 Å². The van der Waals surface area contributed by atoms with Crippen molar-refractivity contribution in [3.05, 3.63) is 40.2 Å². The normalized spacial score (nSPS) is 18.5. The second kappa shape index (κ2) is 8.05. The van der Waals surface area contributed by atoms with Gasteiger partial charge in [-0.05, 0) is 25.2 Å². The first kappa shape index (κ1) is 18.1. The number of hydrogen-bond acceptors (Lipinski definition) is 6. The first-order valence-electron chi connectivity index (χ1n) is 6.95. The van der Waals surface area contributed by atoms with Crippen molar-refractivity contribution < 1.29 is 13.7 Å². The summed E-state index contributed by atoms with van der Waals surface area (Å²) < 4.78 is 24.9. The fraction of sp³-hybridized carbons (Fsp3) is 0.429. The minimum atomic E-state index is -0.440. The molecule has 0 bridgehead atoms. The summed E-state index contributed by atoms with van der Waals surface area (Å²) in [6.45, 7) is 2.69. The lowest BCUT2D eigenvalue weighted by Crippen LogP contribution is -2.44. The number of halogens is 3. The van der Waals surface area contributed by atoms with Crippen molar-refractivity contribution in [3.63, 3.8) is 0 Å². The van der Waals surface area contributed by atoms with E-state index in [4.69, 9.17) is 9.26 Å². The molecule has 1 aromatic carbocycles. The summed E-state index contributed by atoms with van der Waals surface area (Å²) in [5, 5.41) is 7.29. The zero-order valence-electron chi connectivity index (χ0n) is 12.5. The molecule has 1 saturated heterocycles. The van der Waals surface area contributed by atoms with Crippen LogP contribution in [0, 0.1) is 5.82 Å². The number of piperazine rings is 1. The van der Waals surface area contributed by atoms with E-state index in [0.717, 1.165) is 19.6 Å². The molecule has 9 heteroatoms. The summed E-state index contributed by atoms with van der Waals surface area (Å²) >= 11 is 3.20. The second-order valence-corrected chi connectivity index (χ2v) is 6.03. The van der Waals surface area contributed by atoms with Gasteiger partial charge in [0, 0.05) is 24.1 Å². The lowest BCUT2D eigenvalue weighted by Gasteiger charge is -2.30. The molecule has 1 aromatic heterocycles. The Morgan fingerprint density at radius 3 is 3.09 bits per heavy atom. The molecule has 0 radical (unpaired) electrons. The molecule has 126 valence electrons. The van der Waals surface area contributed by atoms with E-state index in [9.17, 15) is 4.39 Å². The van der Waals surface area contributed by atoms with Crippen molar-refractivity contribution in [2.24, 2.45) is 0 Å². The maximum absolute atomic E-state index is 13.7. The van der Waals surface area contributed by atoms with Crippen LogP contribution in [0.25, 0.3) is 0 Å². The monoisotopic (exact) mass is 406 g/mol. The van der Waals surface area contributed by atoms with Gasteiger partial charge in [-0.1, -0.05) is 21.1 Å². The van der Waals surface area contributed by atoms with Crippen molar-refractivity contribution in [3.8, 4) is 5.75 Å². The zero-order valence-corrected chi connectivity index (χ0v) is 14.9. The molecule has 3 rings (SSSR count). The predicted octanol–water partition coefficient (Wildman–Crippen LogP) is 2.55. The molecule has 1 aliphatic heterocycles. The lowest BCUT2D eigenvalue weighted by atomic mass is 10.2. The number of nitrogens with zero attached hydrogens (tertiary/aromatic N) is 3. The molecule has 2 heterocycles. The molecule has 0 saturated carbocycles. The third-order valence-corrected chi connectivity index (χ3v) is 4.03. The van der Waals surface area contributed by atoms with Crippen LogP contribution in [0.2, 0.25) is 0 Å². The number of benzene rings is 1. The summed E-state index contributed by atoms with van der Waals surface area (Å²) in [4.78, 5) is 6.50. The van der Waals surface area contributed by atoms with Crippen LogP contribution in [-0.4, -0.2) is 41.7 Å². The fourth-order valence-electron chi connectivity index (χ4n) is 2.29.